The Balaban J connectivity index is 2.19. The highest BCUT2D eigenvalue weighted by atomic mass is 16.3. The highest BCUT2D eigenvalue weighted by Gasteiger charge is 2.24. The van der Waals surface area contributed by atoms with Crippen LogP contribution in [0.1, 0.15) is 35.8 Å². The first-order valence-corrected chi connectivity index (χ1v) is 7.26. The van der Waals surface area contributed by atoms with Crippen LogP contribution in [0, 0.1) is 5.92 Å². The summed E-state index contributed by atoms with van der Waals surface area (Å²) < 4.78 is 0. The van der Waals surface area contributed by atoms with E-state index in [4.69, 9.17) is 0 Å². The minimum atomic E-state index is 0.0387. The van der Waals surface area contributed by atoms with Crippen molar-refractivity contribution in [1.82, 2.24) is 9.88 Å². The number of likely N-dealkylation sites (tertiary alicyclic amines) is 1. The Morgan fingerprint density at radius 1 is 1.55 bits per heavy atom. The van der Waals surface area contributed by atoms with Crippen molar-refractivity contribution in [2.75, 3.05) is 32.1 Å². The number of rotatable bonds is 4. The molecule has 1 atom stereocenters. The first kappa shape index (κ1) is 14.8. The minimum Gasteiger partial charge on any atom is -0.396 e. The van der Waals surface area contributed by atoms with E-state index in [1.54, 1.807) is 13.1 Å². The lowest BCUT2D eigenvalue weighted by Crippen LogP contribution is -2.41. The SMILES string of the molecule is CCc1cc(C(=O)N2CCCC(CO)C2)cc(NC)n1. The average Bonchev–Trinajstić information content (AvgIpc) is 2.53. The molecule has 1 aromatic heterocycles. The van der Waals surface area contributed by atoms with Crippen LogP contribution in [-0.2, 0) is 6.42 Å². The Hall–Kier alpha value is -1.62. The van der Waals surface area contributed by atoms with Crippen LogP contribution in [0.25, 0.3) is 0 Å². The Morgan fingerprint density at radius 2 is 2.35 bits per heavy atom. The molecule has 1 aromatic rings. The monoisotopic (exact) mass is 277 g/mol. The van der Waals surface area contributed by atoms with Crippen molar-refractivity contribution in [1.29, 1.82) is 0 Å². The van der Waals surface area contributed by atoms with E-state index >= 15 is 0 Å². The molecule has 0 saturated carbocycles. The van der Waals surface area contributed by atoms with Crippen molar-refractivity contribution >= 4 is 11.7 Å². The minimum absolute atomic E-state index is 0.0387. The Labute approximate surface area is 120 Å². The van der Waals surface area contributed by atoms with Crippen molar-refractivity contribution in [3.63, 3.8) is 0 Å². The van der Waals surface area contributed by atoms with Gasteiger partial charge in [0.1, 0.15) is 5.82 Å². The number of amides is 1. The summed E-state index contributed by atoms with van der Waals surface area (Å²) in [5.74, 6) is 0.976. The first-order valence-electron chi connectivity index (χ1n) is 7.26. The smallest absolute Gasteiger partial charge is 0.254 e. The van der Waals surface area contributed by atoms with Crippen molar-refractivity contribution in [3.05, 3.63) is 23.4 Å². The summed E-state index contributed by atoms with van der Waals surface area (Å²) in [4.78, 5) is 18.8. The van der Waals surface area contributed by atoms with Gasteiger partial charge in [-0.1, -0.05) is 6.92 Å². The van der Waals surface area contributed by atoms with Gasteiger partial charge in [0, 0.05) is 38.0 Å². The molecule has 1 fully saturated rings. The van der Waals surface area contributed by atoms with Gasteiger partial charge < -0.3 is 15.3 Å². The van der Waals surface area contributed by atoms with Gasteiger partial charge in [-0.2, -0.15) is 0 Å². The molecule has 1 saturated heterocycles. The molecule has 1 amide bonds. The van der Waals surface area contributed by atoms with Crippen LogP contribution in [0.15, 0.2) is 12.1 Å². The number of hydrogen-bond acceptors (Lipinski definition) is 4. The van der Waals surface area contributed by atoms with E-state index < -0.39 is 0 Å². The van der Waals surface area contributed by atoms with E-state index in [2.05, 4.69) is 10.3 Å². The molecule has 5 nitrogen and oxygen atoms in total. The third kappa shape index (κ3) is 3.28. The van der Waals surface area contributed by atoms with Crippen LogP contribution in [0.4, 0.5) is 5.82 Å². The van der Waals surface area contributed by atoms with E-state index in [1.165, 1.54) is 0 Å². The number of hydrogen-bond donors (Lipinski definition) is 2. The Morgan fingerprint density at radius 3 is 3.00 bits per heavy atom. The third-order valence-corrected chi connectivity index (χ3v) is 3.81. The number of pyridine rings is 1. The van der Waals surface area contributed by atoms with Crippen LogP contribution in [0.5, 0.6) is 0 Å². The number of carbonyl (C=O) groups is 1. The van der Waals surface area contributed by atoms with Gasteiger partial charge in [-0.05, 0) is 37.3 Å². The van der Waals surface area contributed by atoms with E-state index in [1.807, 2.05) is 17.9 Å². The van der Waals surface area contributed by atoms with Crippen molar-refractivity contribution in [2.45, 2.75) is 26.2 Å². The number of aliphatic hydroxyl groups is 1. The molecular weight excluding hydrogens is 254 g/mol. The lowest BCUT2D eigenvalue weighted by atomic mass is 9.98. The lowest BCUT2D eigenvalue weighted by Gasteiger charge is -2.32. The molecule has 1 aliphatic heterocycles. The van der Waals surface area contributed by atoms with Gasteiger partial charge in [-0.25, -0.2) is 4.98 Å². The number of anilines is 1. The average molecular weight is 277 g/mol. The predicted molar refractivity (Wildman–Crippen MR) is 78.9 cm³/mol. The van der Waals surface area contributed by atoms with Crippen LogP contribution in [0.2, 0.25) is 0 Å². The molecule has 1 aliphatic rings. The number of aryl methyl sites for hydroxylation is 1. The van der Waals surface area contributed by atoms with E-state index in [-0.39, 0.29) is 18.4 Å². The Bertz CT molecular complexity index is 454. The normalized spacial score (nSPS) is 18.9. The molecule has 0 bridgehead atoms. The van der Waals surface area contributed by atoms with E-state index in [9.17, 15) is 9.90 Å². The summed E-state index contributed by atoms with van der Waals surface area (Å²) in [6.07, 6.45) is 2.76. The van der Waals surface area contributed by atoms with Crippen molar-refractivity contribution in [3.8, 4) is 0 Å². The first-order chi connectivity index (χ1) is 9.67. The van der Waals surface area contributed by atoms with E-state index in [0.717, 1.165) is 37.3 Å². The van der Waals surface area contributed by atoms with E-state index in [0.29, 0.717) is 12.1 Å². The lowest BCUT2D eigenvalue weighted by molar-refractivity contribution is 0.0620. The van der Waals surface area contributed by atoms with Crippen LogP contribution in [-0.4, -0.2) is 47.6 Å². The van der Waals surface area contributed by atoms with Gasteiger partial charge in [-0.15, -0.1) is 0 Å². The highest BCUT2D eigenvalue weighted by molar-refractivity contribution is 5.95. The third-order valence-electron chi connectivity index (χ3n) is 3.81. The number of carbonyl (C=O) groups excluding carboxylic acids is 1. The van der Waals surface area contributed by atoms with Gasteiger partial charge >= 0.3 is 0 Å². The van der Waals surface area contributed by atoms with Crippen molar-refractivity contribution < 1.29 is 9.90 Å². The topological polar surface area (TPSA) is 65.5 Å². The summed E-state index contributed by atoms with van der Waals surface area (Å²) in [5, 5.41) is 12.3. The van der Waals surface area contributed by atoms with Gasteiger partial charge in [0.2, 0.25) is 0 Å². The molecule has 0 aliphatic carbocycles. The maximum atomic E-state index is 12.6. The molecular formula is C15H23N3O2. The fourth-order valence-electron chi connectivity index (χ4n) is 2.60. The standard InChI is InChI=1S/C15H23N3O2/c1-3-13-7-12(8-14(16-2)17-13)15(20)18-6-4-5-11(9-18)10-19/h7-8,11,19H,3-6,9-10H2,1-2H3,(H,16,17). The second-order valence-electron chi connectivity index (χ2n) is 5.28. The summed E-state index contributed by atoms with van der Waals surface area (Å²) in [5.41, 5.74) is 1.59. The zero-order valence-electron chi connectivity index (χ0n) is 12.2. The molecule has 2 rings (SSSR count). The number of nitrogens with one attached hydrogen (secondary N) is 1. The van der Waals surface area contributed by atoms with Gasteiger partial charge in [0.15, 0.2) is 0 Å². The molecule has 2 N–H and O–H groups in total. The molecule has 0 spiro atoms. The van der Waals surface area contributed by atoms with Crippen LogP contribution in [0.3, 0.4) is 0 Å². The molecule has 20 heavy (non-hydrogen) atoms. The number of aromatic nitrogens is 1. The number of piperidine rings is 1. The molecule has 110 valence electrons. The zero-order valence-corrected chi connectivity index (χ0v) is 12.2. The molecule has 0 radical (unpaired) electrons. The summed E-state index contributed by atoms with van der Waals surface area (Å²) in [7, 11) is 1.80. The number of aliphatic hydroxyl groups excluding tert-OH is 1. The zero-order chi connectivity index (χ0) is 14.5. The summed E-state index contributed by atoms with van der Waals surface area (Å²) in [6.45, 7) is 3.60. The van der Waals surface area contributed by atoms with Gasteiger partial charge in [0.05, 0.1) is 0 Å². The van der Waals surface area contributed by atoms with Crippen LogP contribution >= 0.6 is 0 Å². The summed E-state index contributed by atoms with van der Waals surface area (Å²) in [6, 6.07) is 3.66. The maximum Gasteiger partial charge on any atom is 0.254 e. The predicted octanol–water partition coefficient (Wildman–Crippen LogP) is 1.53. The van der Waals surface area contributed by atoms with Gasteiger partial charge in [0.25, 0.3) is 5.91 Å². The molecule has 5 heteroatoms. The fraction of sp³-hybridized carbons (Fsp3) is 0.600. The quantitative estimate of drug-likeness (QED) is 0.876. The fourth-order valence-corrected chi connectivity index (χ4v) is 2.60. The van der Waals surface area contributed by atoms with Crippen molar-refractivity contribution in [2.24, 2.45) is 5.92 Å². The molecule has 0 aromatic carbocycles. The Kier molecular flexibility index (Phi) is 4.95. The summed E-state index contributed by atoms with van der Waals surface area (Å²) >= 11 is 0. The maximum absolute atomic E-state index is 12.6. The molecule has 1 unspecified atom stereocenters. The number of nitrogens with zero attached hydrogens (tertiary/aromatic N) is 2. The second-order valence-corrected chi connectivity index (χ2v) is 5.28. The largest absolute Gasteiger partial charge is 0.396 e. The second kappa shape index (κ2) is 6.70. The van der Waals surface area contributed by atoms with Gasteiger partial charge in [-0.3, -0.25) is 4.79 Å². The van der Waals surface area contributed by atoms with Crippen LogP contribution < -0.4 is 5.32 Å². The molecule has 2 heterocycles. The highest BCUT2D eigenvalue weighted by Crippen LogP contribution is 2.19.